The van der Waals surface area contributed by atoms with E-state index in [1.807, 2.05) is 0 Å². The number of hydrogen-bond donors (Lipinski definition) is 1. The number of alkyl halides is 2. The number of aromatic hydroxyl groups is 1. The fraction of sp³-hybridized carbons (Fsp3) is 0.364. The first kappa shape index (κ1) is 11.6. The molecule has 1 aromatic carbocycles. The van der Waals surface area contributed by atoms with Crippen LogP contribution < -0.4 is 0 Å². The molecule has 0 fully saturated rings. The summed E-state index contributed by atoms with van der Waals surface area (Å²) in [5.74, 6) is -0.637. The molecule has 0 atom stereocenters. The molecule has 0 aliphatic carbocycles. The van der Waals surface area contributed by atoms with Gasteiger partial charge in [-0.2, -0.15) is 0 Å². The number of phenolic OH excluding ortho intramolecular Hbond substituents is 1. The van der Waals surface area contributed by atoms with Crippen LogP contribution in [-0.4, -0.2) is 10.9 Å². The van der Waals surface area contributed by atoms with Crippen molar-refractivity contribution in [1.29, 1.82) is 0 Å². The van der Waals surface area contributed by atoms with Gasteiger partial charge in [0.2, 0.25) is 0 Å². The Morgan fingerprint density at radius 1 is 1.47 bits per heavy atom. The molecule has 0 aliphatic rings. The van der Waals surface area contributed by atoms with Crippen molar-refractivity contribution in [1.82, 2.24) is 0 Å². The number of aryl methyl sites for hydroxylation is 1. The quantitative estimate of drug-likeness (QED) is 0.840. The highest BCUT2D eigenvalue weighted by Crippen LogP contribution is 2.32. The van der Waals surface area contributed by atoms with Crippen LogP contribution in [0.4, 0.5) is 8.78 Å². The molecule has 0 spiro atoms. The van der Waals surface area contributed by atoms with Gasteiger partial charge in [0.25, 0.3) is 6.43 Å². The second-order valence-electron chi connectivity index (χ2n) is 3.54. The Balaban J connectivity index is 3.21. The molecule has 0 amide bonds. The SMILES string of the molecule is CC(=O)Cc1cc(C)cc(C(F)F)c1O. The molecule has 4 heteroatoms. The van der Waals surface area contributed by atoms with Gasteiger partial charge in [-0.3, -0.25) is 4.79 Å². The van der Waals surface area contributed by atoms with Crippen LogP contribution in [0, 0.1) is 6.92 Å². The molecule has 1 rings (SSSR count). The van der Waals surface area contributed by atoms with Crippen LogP contribution in [0.15, 0.2) is 12.1 Å². The van der Waals surface area contributed by atoms with Crippen LogP contribution in [0.1, 0.15) is 30.0 Å². The van der Waals surface area contributed by atoms with Gasteiger partial charge in [-0.05, 0) is 19.9 Å². The van der Waals surface area contributed by atoms with E-state index < -0.39 is 17.7 Å². The summed E-state index contributed by atoms with van der Waals surface area (Å²) in [6.07, 6.45) is -2.75. The molecule has 0 aromatic heterocycles. The highest BCUT2D eigenvalue weighted by Gasteiger charge is 2.17. The average molecular weight is 214 g/mol. The number of benzene rings is 1. The molecule has 0 saturated carbocycles. The molecule has 0 radical (unpaired) electrons. The van der Waals surface area contributed by atoms with Crippen LogP contribution in [0.5, 0.6) is 5.75 Å². The molecular formula is C11H12F2O2. The Bertz CT molecular complexity index is 386. The van der Waals surface area contributed by atoms with Crippen molar-refractivity contribution in [3.8, 4) is 5.75 Å². The summed E-state index contributed by atoms with van der Waals surface area (Å²) in [5.41, 5.74) is 0.461. The number of carbonyl (C=O) groups excluding carboxylic acids is 1. The zero-order chi connectivity index (χ0) is 11.6. The second kappa shape index (κ2) is 4.38. The van der Waals surface area contributed by atoms with Crippen LogP contribution >= 0.6 is 0 Å². The minimum absolute atomic E-state index is 0.0206. The monoisotopic (exact) mass is 214 g/mol. The molecular weight excluding hydrogens is 202 g/mol. The Morgan fingerprint density at radius 3 is 2.53 bits per heavy atom. The van der Waals surface area contributed by atoms with E-state index in [2.05, 4.69) is 0 Å². The van der Waals surface area contributed by atoms with Crippen molar-refractivity contribution in [3.05, 3.63) is 28.8 Å². The maximum atomic E-state index is 12.5. The summed E-state index contributed by atoms with van der Waals surface area (Å²) in [6, 6.07) is 2.77. The Labute approximate surface area is 86.5 Å². The lowest BCUT2D eigenvalue weighted by atomic mass is 10.0. The minimum Gasteiger partial charge on any atom is -0.507 e. The zero-order valence-electron chi connectivity index (χ0n) is 8.55. The predicted molar refractivity (Wildman–Crippen MR) is 52.2 cm³/mol. The Hall–Kier alpha value is -1.45. The van der Waals surface area contributed by atoms with Crippen LogP contribution in [-0.2, 0) is 11.2 Å². The normalized spacial score (nSPS) is 10.7. The van der Waals surface area contributed by atoms with E-state index in [1.54, 1.807) is 13.0 Å². The maximum Gasteiger partial charge on any atom is 0.267 e. The van der Waals surface area contributed by atoms with Crippen molar-refractivity contribution in [3.63, 3.8) is 0 Å². The van der Waals surface area contributed by atoms with Crippen LogP contribution in [0.2, 0.25) is 0 Å². The van der Waals surface area contributed by atoms with Crippen LogP contribution in [0.3, 0.4) is 0 Å². The van der Waals surface area contributed by atoms with Crippen molar-refractivity contribution in [2.75, 3.05) is 0 Å². The van der Waals surface area contributed by atoms with E-state index >= 15 is 0 Å². The lowest BCUT2D eigenvalue weighted by Crippen LogP contribution is -2.00. The van der Waals surface area contributed by atoms with Crippen molar-refractivity contribution in [2.45, 2.75) is 26.7 Å². The number of hydrogen-bond acceptors (Lipinski definition) is 2. The van der Waals surface area contributed by atoms with Crippen LogP contribution in [0.25, 0.3) is 0 Å². The number of rotatable bonds is 3. The van der Waals surface area contributed by atoms with Gasteiger partial charge in [-0.15, -0.1) is 0 Å². The van der Waals surface area contributed by atoms with E-state index in [9.17, 15) is 18.7 Å². The fourth-order valence-electron chi connectivity index (χ4n) is 1.45. The molecule has 15 heavy (non-hydrogen) atoms. The third-order valence-electron chi connectivity index (χ3n) is 2.04. The predicted octanol–water partition coefficient (Wildman–Crippen LogP) is 2.77. The lowest BCUT2D eigenvalue weighted by molar-refractivity contribution is -0.116. The van der Waals surface area contributed by atoms with Crippen molar-refractivity contribution in [2.24, 2.45) is 0 Å². The number of Topliss-reactive ketones (excluding diaryl/α,β-unsaturated/α-hetero) is 1. The third-order valence-corrected chi connectivity index (χ3v) is 2.04. The summed E-state index contributed by atoms with van der Waals surface area (Å²) in [6.45, 7) is 3.00. The van der Waals surface area contributed by atoms with E-state index in [-0.39, 0.29) is 17.8 Å². The first-order valence-electron chi connectivity index (χ1n) is 4.51. The Kier molecular flexibility index (Phi) is 3.39. The summed E-state index contributed by atoms with van der Waals surface area (Å²) < 4.78 is 25.0. The topological polar surface area (TPSA) is 37.3 Å². The number of carbonyl (C=O) groups is 1. The van der Waals surface area contributed by atoms with E-state index in [0.717, 1.165) is 0 Å². The summed E-state index contributed by atoms with van der Waals surface area (Å²) in [5, 5.41) is 9.50. The van der Waals surface area contributed by atoms with Crippen molar-refractivity contribution >= 4 is 5.78 Å². The van der Waals surface area contributed by atoms with Gasteiger partial charge in [0.05, 0.1) is 5.56 Å². The van der Waals surface area contributed by atoms with Gasteiger partial charge < -0.3 is 5.11 Å². The number of ketones is 1. The van der Waals surface area contributed by atoms with Gasteiger partial charge in [0.1, 0.15) is 11.5 Å². The van der Waals surface area contributed by atoms with E-state index in [1.165, 1.54) is 13.0 Å². The molecule has 0 saturated heterocycles. The lowest BCUT2D eigenvalue weighted by Gasteiger charge is -2.09. The van der Waals surface area contributed by atoms with Crippen molar-refractivity contribution < 1.29 is 18.7 Å². The largest absolute Gasteiger partial charge is 0.507 e. The van der Waals surface area contributed by atoms with Gasteiger partial charge in [0, 0.05) is 12.0 Å². The molecule has 82 valence electrons. The highest BCUT2D eigenvalue weighted by atomic mass is 19.3. The fourth-order valence-corrected chi connectivity index (χ4v) is 1.45. The minimum atomic E-state index is -2.73. The molecule has 0 aliphatic heterocycles. The van der Waals surface area contributed by atoms with Gasteiger partial charge in [0.15, 0.2) is 0 Å². The first-order valence-corrected chi connectivity index (χ1v) is 4.51. The van der Waals surface area contributed by atoms with E-state index in [4.69, 9.17) is 0 Å². The molecule has 1 N–H and O–H groups in total. The molecule has 0 heterocycles. The number of phenols is 1. The van der Waals surface area contributed by atoms with Gasteiger partial charge in [-0.1, -0.05) is 11.6 Å². The first-order chi connectivity index (χ1) is 6.91. The summed E-state index contributed by atoms with van der Waals surface area (Å²) >= 11 is 0. The highest BCUT2D eigenvalue weighted by molar-refractivity contribution is 5.79. The molecule has 1 aromatic rings. The smallest absolute Gasteiger partial charge is 0.267 e. The summed E-state index contributed by atoms with van der Waals surface area (Å²) in [7, 11) is 0. The molecule has 0 unspecified atom stereocenters. The van der Waals surface area contributed by atoms with E-state index in [0.29, 0.717) is 5.56 Å². The summed E-state index contributed by atoms with van der Waals surface area (Å²) in [4.78, 5) is 10.9. The average Bonchev–Trinajstić information content (AvgIpc) is 2.09. The maximum absolute atomic E-state index is 12.5. The zero-order valence-corrected chi connectivity index (χ0v) is 8.55. The standard InChI is InChI=1S/C11H12F2O2/c1-6-3-8(5-7(2)14)10(15)9(4-6)11(12)13/h3-4,11,15H,5H2,1-2H3. The number of halogens is 2. The molecule has 2 nitrogen and oxygen atoms in total. The second-order valence-corrected chi connectivity index (χ2v) is 3.54. The third kappa shape index (κ3) is 2.75. The van der Waals surface area contributed by atoms with Gasteiger partial charge >= 0.3 is 0 Å². The molecule has 0 bridgehead atoms. The van der Waals surface area contributed by atoms with Gasteiger partial charge in [-0.25, -0.2) is 8.78 Å². The Morgan fingerprint density at radius 2 is 2.07 bits per heavy atom.